The number of benzene rings is 3. The van der Waals surface area contributed by atoms with Crippen molar-refractivity contribution in [2.75, 3.05) is 0 Å². The number of para-hydroxylation sites is 1. The molecule has 0 aliphatic carbocycles. The van der Waals surface area contributed by atoms with E-state index in [1.54, 1.807) is 12.5 Å². The van der Waals surface area contributed by atoms with Crippen LogP contribution >= 0.6 is 0 Å². The van der Waals surface area contributed by atoms with Crippen molar-refractivity contribution in [3.05, 3.63) is 72.2 Å². The van der Waals surface area contributed by atoms with Crippen molar-refractivity contribution in [3.63, 3.8) is 0 Å². The van der Waals surface area contributed by atoms with E-state index in [1.807, 2.05) is 12.1 Å². The van der Waals surface area contributed by atoms with E-state index in [-0.39, 0.29) is 0 Å². The van der Waals surface area contributed by atoms with E-state index in [1.165, 1.54) is 27.1 Å². The Bertz CT molecular complexity index is 1730. The van der Waals surface area contributed by atoms with Crippen molar-refractivity contribution in [1.82, 2.24) is 15.0 Å². The fourth-order valence-corrected chi connectivity index (χ4v) is 8.08. The third kappa shape index (κ3) is 2.92. The first-order valence-corrected chi connectivity index (χ1v) is 14.8. The molecule has 3 aromatic heterocycles. The molecule has 0 radical (unpaired) electrons. The van der Waals surface area contributed by atoms with Gasteiger partial charge in [-0.05, 0) is 49.1 Å². The molecule has 162 valence electrons. The molecule has 4 nitrogen and oxygen atoms in total. The predicted molar refractivity (Wildman–Crippen MR) is 140 cm³/mol. The largest absolute Gasteiger partial charge is 0.437 e. The Morgan fingerprint density at radius 1 is 0.818 bits per heavy atom. The number of rotatable bonds is 2. The Balaban J connectivity index is 1.72. The highest BCUT2D eigenvalue weighted by atomic mass is 28.3. The summed E-state index contributed by atoms with van der Waals surface area (Å²) in [5.74, 6) is 0. The Morgan fingerprint density at radius 3 is 2.45 bits per heavy atom. The monoisotopic (exact) mass is 447 g/mol. The summed E-state index contributed by atoms with van der Waals surface area (Å²) in [4.78, 5) is 13.9. The van der Waals surface area contributed by atoms with Crippen LogP contribution in [0.2, 0.25) is 19.6 Å². The summed E-state index contributed by atoms with van der Waals surface area (Å²) in [7, 11) is -1.53. The van der Waals surface area contributed by atoms with E-state index in [2.05, 4.69) is 74.9 Å². The zero-order chi connectivity index (χ0) is 22.9. The second-order valence-corrected chi connectivity index (χ2v) is 14.9. The van der Waals surface area contributed by atoms with E-state index >= 15 is 0 Å². The maximum Gasteiger partial charge on any atom is 0.227 e. The molecule has 5 heteroatoms. The molecule has 0 amide bonds. The first-order valence-electron chi connectivity index (χ1n) is 11.3. The first kappa shape index (κ1) is 20.1. The van der Waals surface area contributed by atoms with Gasteiger partial charge in [-0.15, -0.1) is 0 Å². The lowest BCUT2D eigenvalue weighted by Crippen LogP contribution is -2.41. The van der Waals surface area contributed by atoms with Crippen LogP contribution in [0, 0.1) is 13.8 Å². The first-order chi connectivity index (χ1) is 15.8. The quantitative estimate of drug-likeness (QED) is 0.214. The molecule has 0 saturated carbocycles. The van der Waals surface area contributed by atoms with Crippen LogP contribution in [0.15, 0.2) is 65.5 Å². The van der Waals surface area contributed by atoms with Crippen molar-refractivity contribution in [2.24, 2.45) is 0 Å². The van der Waals surface area contributed by atoms with E-state index < -0.39 is 8.07 Å². The molecule has 0 unspecified atom stereocenters. The van der Waals surface area contributed by atoms with E-state index in [0.29, 0.717) is 5.71 Å². The van der Waals surface area contributed by atoms with Gasteiger partial charge in [-0.25, -0.2) is 15.0 Å². The van der Waals surface area contributed by atoms with Crippen LogP contribution in [-0.4, -0.2) is 23.0 Å². The number of pyridine rings is 1. The molecule has 6 rings (SSSR count). The molecule has 0 aliphatic rings. The molecule has 0 aliphatic heterocycles. The fourth-order valence-electron chi connectivity index (χ4n) is 5.57. The maximum atomic E-state index is 6.21. The Morgan fingerprint density at radius 2 is 1.64 bits per heavy atom. The Kier molecular flexibility index (Phi) is 4.23. The number of aromatic nitrogens is 3. The van der Waals surface area contributed by atoms with Gasteiger partial charge in [-0.3, -0.25) is 0 Å². The maximum absolute atomic E-state index is 6.21. The van der Waals surface area contributed by atoms with Gasteiger partial charge in [0.15, 0.2) is 0 Å². The number of fused-ring (bicyclic) bond motifs is 6. The Hall–Kier alpha value is -3.57. The zero-order valence-electron chi connectivity index (χ0n) is 19.5. The molecule has 0 bridgehead atoms. The average Bonchev–Trinajstić information content (AvgIpc) is 3.16. The summed E-state index contributed by atoms with van der Waals surface area (Å²) in [5, 5.41) is 7.10. The number of nitrogens with zero attached hydrogens (tertiary/aromatic N) is 3. The summed E-state index contributed by atoms with van der Waals surface area (Å²) >= 11 is 0. The molecule has 0 saturated heterocycles. The van der Waals surface area contributed by atoms with Gasteiger partial charge in [0.05, 0.1) is 19.3 Å². The highest BCUT2D eigenvalue weighted by Gasteiger charge is 2.24. The van der Waals surface area contributed by atoms with Gasteiger partial charge >= 0.3 is 0 Å². The molecular formula is C28H25N3OSi. The second-order valence-electron chi connectivity index (χ2n) is 9.87. The lowest BCUT2D eigenvalue weighted by atomic mass is 9.96. The summed E-state index contributed by atoms with van der Waals surface area (Å²) in [6.45, 7) is 11.7. The zero-order valence-corrected chi connectivity index (χ0v) is 20.5. The minimum Gasteiger partial charge on any atom is -0.437 e. The minimum absolute atomic E-state index is 0.648. The molecule has 33 heavy (non-hydrogen) atoms. The van der Waals surface area contributed by atoms with Crippen molar-refractivity contribution in [1.29, 1.82) is 0 Å². The van der Waals surface area contributed by atoms with E-state index in [0.717, 1.165) is 38.5 Å². The number of aryl methyl sites for hydroxylation is 2. The number of furan rings is 1. The topological polar surface area (TPSA) is 51.8 Å². The summed E-state index contributed by atoms with van der Waals surface area (Å²) < 4.78 is 6.21. The molecular weight excluding hydrogens is 422 g/mol. The van der Waals surface area contributed by atoms with E-state index in [4.69, 9.17) is 14.4 Å². The van der Waals surface area contributed by atoms with Crippen LogP contribution in [-0.2, 0) is 0 Å². The third-order valence-corrected chi connectivity index (χ3v) is 8.90. The van der Waals surface area contributed by atoms with Crippen LogP contribution in [0.3, 0.4) is 0 Å². The highest BCUT2D eigenvalue weighted by molar-refractivity contribution is 6.89. The molecule has 0 spiro atoms. The van der Waals surface area contributed by atoms with Gasteiger partial charge < -0.3 is 4.42 Å². The van der Waals surface area contributed by atoms with Gasteiger partial charge in [-0.2, -0.15) is 0 Å². The van der Waals surface area contributed by atoms with Gasteiger partial charge in [0, 0.05) is 33.3 Å². The van der Waals surface area contributed by atoms with Crippen LogP contribution in [0.1, 0.15) is 11.1 Å². The normalized spacial score (nSPS) is 12.4. The van der Waals surface area contributed by atoms with E-state index in [9.17, 15) is 0 Å². The summed E-state index contributed by atoms with van der Waals surface area (Å²) in [5.41, 5.74) is 7.05. The lowest BCUT2D eigenvalue weighted by molar-refractivity contribution is 0.655. The van der Waals surface area contributed by atoms with Crippen molar-refractivity contribution in [3.8, 4) is 11.3 Å². The molecule has 6 aromatic rings. The molecule has 3 aromatic carbocycles. The van der Waals surface area contributed by atoms with Crippen molar-refractivity contribution >= 4 is 57.0 Å². The van der Waals surface area contributed by atoms with Gasteiger partial charge in [0.1, 0.15) is 11.9 Å². The van der Waals surface area contributed by atoms with Crippen LogP contribution < -0.4 is 5.19 Å². The lowest BCUT2D eigenvalue weighted by Gasteiger charge is -2.24. The van der Waals surface area contributed by atoms with Crippen LogP contribution in [0.5, 0.6) is 0 Å². The molecule has 0 fully saturated rings. The molecule has 3 heterocycles. The SMILES string of the molecule is Cc1cc2ccc3c(-c4cccc5c4oc4ncccc45)ncnc3c2c(C)c1[Si](C)(C)C. The third-order valence-electron chi connectivity index (χ3n) is 6.64. The van der Waals surface area contributed by atoms with Gasteiger partial charge in [-0.1, -0.05) is 54.7 Å². The smallest absolute Gasteiger partial charge is 0.227 e. The van der Waals surface area contributed by atoms with Gasteiger partial charge in [0.2, 0.25) is 5.71 Å². The Labute approximate surface area is 193 Å². The molecule has 0 N–H and O–H groups in total. The summed E-state index contributed by atoms with van der Waals surface area (Å²) in [6, 6.07) is 16.9. The number of hydrogen-bond donors (Lipinski definition) is 0. The predicted octanol–water partition coefficient (Wildman–Crippen LogP) is 6.91. The van der Waals surface area contributed by atoms with Crippen molar-refractivity contribution < 1.29 is 4.42 Å². The highest BCUT2D eigenvalue weighted by Crippen LogP contribution is 2.38. The standard InChI is InChI=1S/C28H25N3OSi/c1-16-14-18-11-12-21-24(30-15-31-25(21)23(18)17(2)27(16)33(3,4)5)22-9-6-8-19-20-10-7-13-29-28(20)32-26(19)22/h6-15H,1-5H3. The van der Waals surface area contributed by atoms with Crippen LogP contribution in [0.25, 0.3) is 55.0 Å². The van der Waals surface area contributed by atoms with Crippen molar-refractivity contribution in [2.45, 2.75) is 33.5 Å². The fraction of sp³-hybridized carbons (Fsp3) is 0.179. The van der Waals surface area contributed by atoms with Gasteiger partial charge in [0.25, 0.3) is 0 Å². The average molecular weight is 448 g/mol. The van der Waals surface area contributed by atoms with Crippen LogP contribution in [0.4, 0.5) is 0 Å². The second kappa shape index (κ2) is 6.96. The summed E-state index contributed by atoms with van der Waals surface area (Å²) in [6.07, 6.45) is 3.45. The molecule has 0 atom stereocenters. The minimum atomic E-state index is -1.53. The number of hydrogen-bond acceptors (Lipinski definition) is 4.